The Hall–Kier alpha value is -2.42. The molecule has 0 aromatic heterocycles. The average Bonchev–Trinajstić information content (AvgIpc) is 3.04. The van der Waals surface area contributed by atoms with E-state index in [2.05, 4.69) is 0 Å². The van der Waals surface area contributed by atoms with Gasteiger partial charge in [0, 0.05) is 45.7 Å². The van der Waals surface area contributed by atoms with Crippen molar-refractivity contribution in [2.75, 3.05) is 62.3 Å². The second-order valence-corrected chi connectivity index (χ2v) is 17.7. The molecule has 1 aliphatic carbocycles. The number of Topliss-reactive ketones (excluding diaryl/α,β-unsaturated/α-hetero) is 1. The number of hydrogen-bond donors (Lipinski definition) is 1. The number of aliphatic carboxylic acids is 1. The molecule has 15 heteroatoms. The maximum atomic E-state index is 12.9. The topological polar surface area (TPSA) is 170 Å². The number of likely N-dealkylation sites (tertiary alicyclic amines) is 2. The van der Waals surface area contributed by atoms with E-state index in [0.717, 1.165) is 38.5 Å². The van der Waals surface area contributed by atoms with Gasteiger partial charge in [0.1, 0.15) is 6.04 Å². The van der Waals surface area contributed by atoms with Gasteiger partial charge in [-0.1, -0.05) is 32.1 Å². The van der Waals surface area contributed by atoms with Crippen LogP contribution in [0.1, 0.15) is 83.5 Å². The Morgan fingerprint density at radius 1 is 0.556 bits per heavy atom. The molecule has 4 aliphatic heterocycles. The van der Waals surface area contributed by atoms with Crippen LogP contribution >= 0.6 is 0 Å². The predicted molar refractivity (Wildman–Crippen MR) is 168 cm³/mol. The number of urea groups is 2. The Morgan fingerprint density at radius 3 is 1.44 bits per heavy atom. The third kappa shape index (κ3) is 10.0. The summed E-state index contributed by atoms with van der Waals surface area (Å²) in [5, 5.41) is 9.13. The van der Waals surface area contributed by atoms with Gasteiger partial charge < -0.3 is 24.7 Å². The molecule has 0 unspecified atom stereocenters. The van der Waals surface area contributed by atoms with Crippen LogP contribution in [0.4, 0.5) is 9.59 Å². The Kier molecular flexibility index (Phi) is 12.5. The molecule has 0 bridgehead atoms. The van der Waals surface area contributed by atoms with E-state index < -0.39 is 31.7 Å². The summed E-state index contributed by atoms with van der Waals surface area (Å²) < 4.78 is 45.8. The zero-order valence-corrected chi connectivity index (χ0v) is 27.9. The Bertz CT molecular complexity index is 1260. The van der Waals surface area contributed by atoms with Gasteiger partial charge in [-0.2, -0.15) is 0 Å². The molecule has 1 N–H and O–H groups in total. The highest BCUT2D eigenvalue weighted by molar-refractivity contribution is 7.91. The average molecular weight is 675 g/mol. The Balaban J connectivity index is 0.000000215. The number of rotatable bonds is 5. The Morgan fingerprint density at radius 2 is 0.978 bits per heavy atom. The van der Waals surface area contributed by atoms with E-state index in [9.17, 15) is 36.0 Å². The van der Waals surface area contributed by atoms with Gasteiger partial charge in [-0.25, -0.2) is 31.2 Å². The first kappa shape index (κ1) is 35.4. The lowest BCUT2D eigenvalue weighted by atomic mass is 9.84. The number of carbonyl (C=O) groups is 4. The van der Waals surface area contributed by atoms with Crippen LogP contribution in [0.15, 0.2) is 0 Å². The molecule has 4 saturated heterocycles. The highest BCUT2D eigenvalue weighted by atomic mass is 32.2. The summed E-state index contributed by atoms with van der Waals surface area (Å²) in [5.74, 6) is -0.118. The van der Waals surface area contributed by atoms with Crippen molar-refractivity contribution in [1.29, 1.82) is 0 Å². The van der Waals surface area contributed by atoms with Gasteiger partial charge in [-0.15, -0.1) is 0 Å². The highest BCUT2D eigenvalue weighted by Gasteiger charge is 2.37. The minimum absolute atomic E-state index is 0.0346. The molecule has 1 saturated carbocycles. The maximum Gasteiger partial charge on any atom is 0.326 e. The molecular formula is C30H50N4O9S2. The minimum Gasteiger partial charge on any atom is -0.480 e. The van der Waals surface area contributed by atoms with Gasteiger partial charge in [-0.3, -0.25) is 4.79 Å². The van der Waals surface area contributed by atoms with Gasteiger partial charge >= 0.3 is 18.0 Å². The standard InChI is InChI=1S/C19H32N2O4S.C11H18N2O5S/c22-18(10-9-16-6-2-1-3-7-16)17-8-4-5-11-21(17)19(23)20-12-14-26(24,25)15-13-20;14-10(15)9-3-1-2-4-13(9)11(16)12-5-7-19(17,18)8-6-12/h16-17H,1-15H2;9H,1-8H2,(H,14,15)/t17-;9-/m00/s1. The fourth-order valence-corrected chi connectivity index (χ4v) is 9.47. The van der Waals surface area contributed by atoms with Crippen LogP contribution < -0.4 is 0 Å². The molecule has 4 heterocycles. The molecule has 2 atom stereocenters. The number of amides is 4. The van der Waals surface area contributed by atoms with Crippen LogP contribution in [0.2, 0.25) is 0 Å². The third-order valence-corrected chi connectivity index (χ3v) is 13.1. The van der Waals surface area contributed by atoms with E-state index >= 15 is 0 Å². The minimum atomic E-state index is -3.04. The molecule has 0 spiro atoms. The zero-order valence-electron chi connectivity index (χ0n) is 26.3. The third-order valence-electron chi connectivity index (χ3n) is 9.91. The molecule has 0 aromatic carbocycles. The van der Waals surface area contributed by atoms with E-state index in [1.165, 1.54) is 41.9 Å². The van der Waals surface area contributed by atoms with Crippen molar-refractivity contribution in [3.8, 4) is 0 Å². The van der Waals surface area contributed by atoms with Crippen molar-refractivity contribution in [2.45, 2.75) is 95.6 Å². The second kappa shape index (κ2) is 15.9. The first-order chi connectivity index (χ1) is 21.4. The largest absolute Gasteiger partial charge is 0.480 e. The highest BCUT2D eigenvalue weighted by Crippen LogP contribution is 2.29. The SMILES string of the molecule is O=C(CCC1CCCCC1)[C@@H]1CCCCN1C(=O)N1CCS(=O)(=O)CC1.O=C(O)[C@@H]1CCCCN1C(=O)N1CCS(=O)(=O)CC1. The molecule has 256 valence electrons. The number of carboxylic acid groups (broad SMARTS) is 1. The van der Waals surface area contributed by atoms with Gasteiger partial charge in [0.05, 0.1) is 29.1 Å². The summed E-state index contributed by atoms with van der Waals surface area (Å²) in [4.78, 5) is 55.3. The van der Waals surface area contributed by atoms with Crippen molar-refractivity contribution in [3.05, 3.63) is 0 Å². The first-order valence-electron chi connectivity index (χ1n) is 16.6. The van der Waals surface area contributed by atoms with E-state index in [0.29, 0.717) is 31.8 Å². The van der Waals surface area contributed by atoms with Crippen LogP contribution in [0.5, 0.6) is 0 Å². The quantitative estimate of drug-likeness (QED) is 0.460. The second-order valence-electron chi connectivity index (χ2n) is 13.1. The van der Waals surface area contributed by atoms with Crippen molar-refractivity contribution < 1.29 is 41.1 Å². The first-order valence-corrected chi connectivity index (χ1v) is 20.3. The zero-order chi connectivity index (χ0) is 32.6. The van der Waals surface area contributed by atoms with Gasteiger partial charge in [0.25, 0.3) is 0 Å². The Labute approximate surface area is 267 Å². The van der Waals surface area contributed by atoms with E-state index in [1.807, 2.05) is 0 Å². The lowest BCUT2D eigenvalue weighted by Crippen LogP contribution is -2.56. The van der Waals surface area contributed by atoms with Crippen LogP contribution in [-0.4, -0.2) is 140 Å². The molecule has 13 nitrogen and oxygen atoms in total. The number of hydrogen-bond acceptors (Lipinski definition) is 8. The van der Waals surface area contributed by atoms with Crippen molar-refractivity contribution in [2.24, 2.45) is 5.92 Å². The number of piperidine rings is 2. The summed E-state index contributed by atoms with van der Waals surface area (Å²) in [6, 6.07) is -1.57. The predicted octanol–water partition coefficient (Wildman–Crippen LogP) is 2.40. The van der Waals surface area contributed by atoms with Crippen LogP contribution in [-0.2, 0) is 29.3 Å². The lowest BCUT2D eigenvalue weighted by Gasteiger charge is -2.39. The van der Waals surface area contributed by atoms with Gasteiger partial charge in [0.15, 0.2) is 25.5 Å². The van der Waals surface area contributed by atoms with Gasteiger partial charge in [-0.05, 0) is 50.9 Å². The molecule has 45 heavy (non-hydrogen) atoms. The summed E-state index contributed by atoms with van der Waals surface area (Å²) in [6.45, 7) is 1.86. The summed E-state index contributed by atoms with van der Waals surface area (Å²) in [6.07, 6.45) is 12.6. The van der Waals surface area contributed by atoms with Crippen LogP contribution in [0.3, 0.4) is 0 Å². The number of ketones is 1. The normalized spacial score (nSPS) is 27.2. The molecular weight excluding hydrogens is 624 g/mol. The van der Waals surface area contributed by atoms with Crippen molar-refractivity contribution in [3.63, 3.8) is 0 Å². The van der Waals surface area contributed by atoms with E-state index in [1.54, 1.807) is 9.80 Å². The fraction of sp³-hybridized carbons (Fsp3) is 0.867. The fourth-order valence-electron chi connectivity index (χ4n) is 7.07. The molecule has 5 rings (SSSR count). The van der Waals surface area contributed by atoms with Crippen LogP contribution in [0, 0.1) is 5.92 Å². The molecule has 4 amide bonds. The molecule has 5 aliphatic rings. The number of carbonyl (C=O) groups excluding carboxylic acids is 3. The molecule has 0 radical (unpaired) electrons. The molecule has 5 fully saturated rings. The lowest BCUT2D eigenvalue weighted by molar-refractivity contribution is -0.143. The summed E-state index contributed by atoms with van der Waals surface area (Å²) in [7, 11) is -6.05. The monoisotopic (exact) mass is 674 g/mol. The summed E-state index contributed by atoms with van der Waals surface area (Å²) in [5.41, 5.74) is 0. The number of nitrogens with zero attached hydrogens (tertiary/aromatic N) is 4. The van der Waals surface area contributed by atoms with Crippen LogP contribution in [0.25, 0.3) is 0 Å². The maximum absolute atomic E-state index is 12.9. The number of carboxylic acids is 1. The van der Waals surface area contributed by atoms with Crippen molar-refractivity contribution >= 4 is 43.5 Å². The van der Waals surface area contributed by atoms with Gasteiger partial charge in [0.2, 0.25) is 0 Å². The molecule has 0 aromatic rings. The van der Waals surface area contributed by atoms with E-state index in [4.69, 9.17) is 5.11 Å². The van der Waals surface area contributed by atoms with E-state index in [-0.39, 0.29) is 73.1 Å². The number of sulfone groups is 2. The van der Waals surface area contributed by atoms with Crippen molar-refractivity contribution in [1.82, 2.24) is 19.6 Å². The summed E-state index contributed by atoms with van der Waals surface area (Å²) >= 11 is 0. The smallest absolute Gasteiger partial charge is 0.326 e.